The summed E-state index contributed by atoms with van der Waals surface area (Å²) < 4.78 is 4.11. The number of hydrogen-bond acceptors (Lipinski definition) is 4. The van der Waals surface area contributed by atoms with Gasteiger partial charge in [0.25, 0.3) is 0 Å². The van der Waals surface area contributed by atoms with Crippen molar-refractivity contribution < 1.29 is 14.3 Å². The van der Waals surface area contributed by atoms with E-state index in [4.69, 9.17) is 4.74 Å². The Morgan fingerprint density at radius 1 is 1.22 bits per heavy atom. The Morgan fingerprint density at radius 3 is 2.22 bits per heavy atom. The van der Waals surface area contributed by atoms with Crippen LogP contribution in [0.2, 0.25) is 0 Å². The quantitative estimate of drug-likeness (QED) is 0.673. The standard InChI is InChI=1S/C13H17NO3S/c1-9(15)14-10-5-7-11(8-6-10)18-13(2,3)12(16)17-4/h5-8H,1-4H3,(H,14,15). The normalized spacial score (nSPS) is 10.9. The molecule has 18 heavy (non-hydrogen) atoms. The van der Waals surface area contributed by atoms with E-state index in [1.54, 1.807) is 12.1 Å². The van der Waals surface area contributed by atoms with Crippen LogP contribution in [0.5, 0.6) is 0 Å². The molecule has 1 aromatic rings. The maximum absolute atomic E-state index is 11.6. The Morgan fingerprint density at radius 2 is 1.78 bits per heavy atom. The first kappa shape index (κ1) is 14.6. The van der Waals surface area contributed by atoms with E-state index >= 15 is 0 Å². The number of methoxy groups -OCH3 is 1. The largest absolute Gasteiger partial charge is 0.468 e. The fourth-order valence-electron chi connectivity index (χ4n) is 1.39. The summed E-state index contributed by atoms with van der Waals surface area (Å²) in [7, 11) is 1.38. The van der Waals surface area contributed by atoms with Crippen LogP contribution in [0.3, 0.4) is 0 Å². The van der Waals surface area contributed by atoms with Crippen molar-refractivity contribution >= 4 is 29.3 Å². The summed E-state index contributed by atoms with van der Waals surface area (Å²) in [5, 5.41) is 2.69. The summed E-state index contributed by atoms with van der Waals surface area (Å²) in [6, 6.07) is 7.33. The highest BCUT2D eigenvalue weighted by Crippen LogP contribution is 2.33. The highest BCUT2D eigenvalue weighted by Gasteiger charge is 2.29. The summed E-state index contributed by atoms with van der Waals surface area (Å²) in [5.74, 6) is -0.372. The third kappa shape index (κ3) is 4.07. The molecule has 1 N–H and O–H groups in total. The Bertz CT molecular complexity index is 440. The lowest BCUT2D eigenvalue weighted by Gasteiger charge is -2.20. The first-order valence-corrected chi connectivity index (χ1v) is 6.32. The number of carbonyl (C=O) groups excluding carboxylic acids is 2. The van der Waals surface area contributed by atoms with E-state index in [1.165, 1.54) is 25.8 Å². The second-order valence-corrected chi connectivity index (χ2v) is 6.01. The van der Waals surface area contributed by atoms with E-state index in [1.807, 2.05) is 26.0 Å². The predicted octanol–water partition coefficient (Wildman–Crippen LogP) is 2.69. The zero-order chi connectivity index (χ0) is 13.8. The molecule has 0 spiro atoms. The molecular formula is C13H17NO3S. The molecule has 0 bridgehead atoms. The van der Waals surface area contributed by atoms with Crippen molar-refractivity contribution in [3.8, 4) is 0 Å². The van der Waals surface area contributed by atoms with Crippen LogP contribution in [-0.2, 0) is 14.3 Å². The number of nitrogens with one attached hydrogen (secondary N) is 1. The molecule has 0 saturated heterocycles. The molecule has 0 heterocycles. The maximum atomic E-state index is 11.6. The van der Waals surface area contributed by atoms with E-state index in [0.29, 0.717) is 0 Å². The van der Waals surface area contributed by atoms with Crippen LogP contribution >= 0.6 is 11.8 Å². The summed E-state index contributed by atoms with van der Waals surface area (Å²) in [6.45, 7) is 5.08. The van der Waals surface area contributed by atoms with Gasteiger partial charge in [-0.2, -0.15) is 0 Å². The first-order valence-electron chi connectivity index (χ1n) is 5.50. The summed E-state index contributed by atoms with van der Waals surface area (Å²) >= 11 is 1.42. The van der Waals surface area contributed by atoms with Crippen molar-refractivity contribution in [1.29, 1.82) is 0 Å². The van der Waals surface area contributed by atoms with Gasteiger partial charge in [-0.25, -0.2) is 0 Å². The number of hydrogen-bond donors (Lipinski definition) is 1. The monoisotopic (exact) mass is 267 g/mol. The smallest absolute Gasteiger partial charge is 0.321 e. The first-order chi connectivity index (χ1) is 8.35. The number of rotatable bonds is 4. The molecule has 4 nitrogen and oxygen atoms in total. The number of carbonyl (C=O) groups is 2. The van der Waals surface area contributed by atoms with E-state index in [0.717, 1.165) is 10.6 Å². The Hall–Kier alpha value is -1.49. The molecule has 0 aliphatic heterocycles. The zero-order valence-corrected chi connectivity index (χ0v) is 11.8. The number of anilines is 1. The minimum Gasteiger partial charge on any atom is -0.468 e. The minimum absolute atomic E-state index is 0.106. The molecule has 1 aromatic carbocycles. The van der Waals surface area contributed by atoms with E-state index in [9.17, 15) is 9.59 Å². The van der Waals surface area contributed by atoms with Gasteiger partial charge in [0.05, 0.1) is 7.11 Å². The molecule has 1 rings (SSSR count). The molecule has 0 aromatic heterocycles. The molecule has 0 aliphatic carbocycles. The lowest BCUT2D eigenvalue weighted by Crippen LogP contribution is -2.28. The number of esters is 1. The number of thioether (sulfide) groups is 1. The van der Waals surface area contributed by atoms with Crippen molar-refractivity contribution in [1.82, 2.24) is 0 Å². The van der Waals surface area contributed by atoms with Crippen LogP contribution in [0.15, 0.2) is 29.2 Å². The molecular weight excluding hydrogens is 250 g/mol. The molecule has 0 unspecified atom stereocenters. The van der Waals surface area contributed by atoms with Gasteiger partial charge in [-0.1, -0.05) is 0 Å². The highest BCUT2D eigenvalue weighted by atomic mass is 32.2. The minimum atomic E-state index is -0.635. The van der Waals surface area contributed by atoms with Gasteiger partial charge in [-0.3, -0.25) is 9.59 Å². The molecule has 0 atom stereocenters. The fourth-order valence-corrected chi connectivity index (χ4v) is 2.42. The van der Waals surface area contributed by atoms with Crippen LogP contribution in [0.25, 0.3) is 0 Å². The second-order valence-electron chi connectivity index (χ2n) is 4.31. The molecule has 5 heteroatoms. The summed E-state index contributed by atoms with van der Waals surface area (Å²) in [5.41, 5.74) is 0.739. The predicted molar refractivity (Wildman–Crippen MR) is 72.7 cm³/mol. The van der Waals surface area contributed by atoms with Crippen LogP contribution < -0.4 is 5.32 Å². The molecule has 0 radical (unpaired) electrons. The average molecular weight is 267 g/mol. The van der Waals surface area contributed by atoms with Crippen molar-refractivity contribution in [2.75, 3.05) is 12.4 Å². The third-order valence-corrected chi connectivity index (χ3v) is 3.41. The van der Waals surface area contributed by atoms with Gasteiger partial charge in [0.1, 0.15) is 4.75 Å². The molecule has 98 valence electrons. The summed E-state index contributed by atoms with van der Waals surface area (Å²) in [6.07, 6.45) is 0. The van der Waals surface area contributed by atoms with Gasteiger partial charge in [-0.05, 0) is 38.1 Å². The fraction of sp³-hybridized carbons (Fsp3) is 0.385. The van der Waals surface area contributed by atoms with Crippen molar-refractivity contribution in [2.45, 2.75) is 30.4 Å². The van der Waals surface area contributed by atoms with Crippen molar-refractivity contribution in [3.63, 3.8) is 0 Å². The van der Waals surface area contributed by atoms with E-state index in [-0.39, 0.29) is 11.9 Å². The van der Waals surface area contributed by atoms with E-state index < -0.39 is 4.75 Å². The van der Waals surface area contributed by atoms with Gasteiger partial charge in [0.2, 0.25) is 5.91 Å². The van der Waals surface area contributed by atoms with Crippen molar-refractivity contribution in [2.24, 2.45) is 0 Å². The Balaban J connectivity index is 2.74. The van der Waals surface area contributed by atoms with Gasteiger partial charge in [0, 0.05) is 17.5 Å². The zero-order valence-electron chi connectivity index (χ0n) is 10.9. The molecule has 0 aliphatic rings. The van der Waals surface area contributed by atoms with Gasteiger partial charge >= 0.3 is 5.97 Å². The SMILES string of the molecule is COC(=O)C(C)(C)Sc1ccc(NC(C)=O)cc1. The lowest BCUT2D eigenvalue weighted by molar-refractivity contribution is -0.142. The van der Waals surface area contributed by atoms with Gasteiger partial charge in [0.15, 0.2) is 0 Å². The van der Waals surface area contributed by atoms with Crippen LogP contribution in [-0.4, -0.2) is 23.7 Å². The molecule has 0 fully saturated rings. The van der Waals surface area contributed by atoms with Crippen LogP contribution in [0.1, 0.15) is 20.8 Å². The Labute approximate surface area is 111 Å². The number of benzene rings is 1. The van der Waals surface area contributed by atoms with Crippen molar-refractivity contribution in [3.05, 3.63) is 24.3 Å². The maximum Gasteiger partial charge on any atom is 0.321 e. The average Bonchev–Trinajstić information content (AvgIpc) is 2.29. The topological polar surface area (TPSA) is 55.4 Å². The van der Waals surface area contributed by atoms with Crippen LogP contribution in [0.4, 0.5) is 5.69 Å². The molecule has 1 amide bonds. The third-order valence-electron chi connectivity index (χ3n) is 2.22. The van der Waals surface area contributed by atoms with Crippen LogP contribution in [0, 0.1) is 0 Å². The number of amides is 1. The van der Waals surface area contributed by atoms with Gasteiger partial charge in [-0.15, -0.1) is 11.8 Å². The van der Waals surface area contributed by atoms with E-state index in [2.05, 4.69) is 5.32 Å². The van der Waals surface area contributed by atoms with Gasteiger partial charge < -0.3 is 10.1 Å². The number of ether oxygens (including phenoxy) is 1. The molecule has 0 saturated carbocycles. The highest BCUT2D eigenvalue weighted by molar-refractivity contribution is 8.01. The Kier molecular flexibility index (Phi) is 4.78. The second kappa shape index (κ2) is 5.91. The lowest BCUT2D eigenvalue weighted by atomic mass is 10.2. The summed E-state index contributed by atoms with van der Waals surface area (Å²) in [4.78, 5) is 23.4.